The first-order chi connectivity index (χ1) is 7.15. The maximum absolute atomic E-state index is 10.5. The van der Waals surface area contributed by atoms with Crippen LogP contribution < -0.4 is 0 Å². The minimum atomic E-state index is -0.267. The number of rotatable bonds is 4. The molecule has 0 fully saturated rings. The third kappa shape index (κ3) is 3.20. The Balaban J connectivity index is 2.98. The topological polar surface area (TPSA) is 43.1 Å². The predicted octanol–water partition coefficient (Wildman–Crippen LogP) is 2.93. The van der Waals surface area contributed by atoms with Crippen molar-refractivity contribution in [2.24, 2.45) is 0 Å². The summed E-state index contributed by atoms with van der Waals surface area (Å²) in [4.78, 5) is 10.3. The summed E-state index contributed by atoms with van der Waals surface area (Å²) >= 11 is 0. The van der Waals surface area contributed by atoms with Gasteiger partial charge in [-0.3, -0.25) is 10.1 Å². The van der Waals surface area contributed by atoms with Crippen LogP contribution in [-0.4, -0.2) is 11.5 Å². The van der Waals surface area contributed by atoms with Crippen LogP contribution in [0, 0.1) is 17.0 Å². The largest absolute Gasteiger partial charge is 0.265 e. The average molecular weight is 205 g/mol. The normalized spacial score (nSPS) is 12.9. The van der Waals surface area contributed by atoms with E-state index in [-0.39, 0.29) is 17.4 Å². The molecule has 0 spiro atoms. The van der Waals surface area contributed by atoms with Gasteiger partial charge in [-0.1, -0.05) is 36.4 Å². The Morgan fingerprint density at radius 3 is 2.67 bits per heavy atom. The SMILES string of the molecule is C/C=C/[C@H](C[N+](=O)[O-])c1ccccc1C. The standard InChI is InChI=1S/C12H15NO2/c1-3-6-11(9-13(14)15)12-8-5-4-7-10(12)2/h3-8,11H,9H2,1-2H3/b6-3+/t11-/m1/s1. The number of benzene rings is 1. The molecule has 3 heteroatoms. The molecule has 0 bridgehead atoms. The lowest BCUT2D eigenvalue weighted by Gasteiger charge is -2.11. The van der Waals surface area contributed by atoms with E-state index in [1.165, 1.54) is 0 Å². The summed E-state index contributed by atoms with van der Waals surface area (Å²) in [5.41, 5.74) is 2.13. The van der Waals surface area contributed by atoms with Crippen molar-refractivity contribution >= 4 is 0 Å². The van der Waals surface area contributed by atoms with Gasteiger partial charge in [0.15, 0.2) is 0 Å². The smallest absolute Gasteiger partial charge is 0.214 e. The summed E-state index contributed by atoms with van der Waals surface area (Å²) in [5, 5.41) is 10.5. The van der Waals surface area contributed by atoms with Gasteiger partial charge in [-0.25, -0.2) is 0 Å². The molecule has 0 radical (unpaired) electrons. The molecule has 15 heavy (non-hydrogen) atoms. The van der Waals surface area contributed by atoms with Crippen molar-refractivity contribution < 1.29 is 4.92 Å². The third-order valence-corrected chi connectivity index (χ3v) is 2.36. The molecule has 1 atom stereocenters. The number of hydrogen-bond acceptors (Lipinski definition) is 2. The second-order valence-electron chi connectivity index (χ2n) is 3.50. The Hall–Kier alpha value is -1.64. The van der Waals surface area contributed by atoms with Gasteiger partial charge in [0.1, 0.15) is 0 Å². The zero-order chi connectivity index (χ0) is 11.3. The van der Waals surface area contributed by atoms with Gasteiger partial charge in [-0.15, -0.1) is 0 Å². The highest BCUT2D eigenvalue weighted by Gasteiger charge is 2.15. The van der Waals surface area contributed by atoms with E-state index in [9.17, 15) is 10.1 Å². The quantitative estimate of drug-likeness (QED) is 0.431. The van der Waals surface area contributed by atoms with E-state index in [2.05, 4.69) is 0 Å². The van der Waals surface area contributed by atoms with Crippen molar-refractivity contribution in [2.75, 3.05) is 6.54 Å². The first-order valence-electron chi connectivity index (χ1n) is 4.95. The van der Waals surface area contributed by atoms with Crippen LogP contribution >= 0.6 is 0 Å². The number of aryl methyl sites for hydroxylation is 1. The summed E-state index contributed by atoms with van der Waals surface area (Å²) in [7, 11) is 0. The number of allylic oxidation sites excluding steroid dienone is 1. The third-order valence-electron chi connectivity index (χ3n) is 2.36. The molecule has 0 aliphatic heterocycles. The Kier molecular flexibility index (Phi) is 4.03. The van der Waals surface area contributed by atoms with Gasteiger partial charge < -0.3 is 0 Å². The van der Waals surface area contributed by atoms with E-state index in [0.717, 1.165) is 11.1 Å². The minimum absolute atomic E-state index is 0.0464. The molecular formula is C12H15NO2. The van der Waals surface area contributed by atoms with Crippen LogP contribution in [0.5, 0.6) is 0 Å². The summed E-state index contributed by atoms with van der Waals surface area (Å²) in [5.74, 6) is -0.119. The zero-order valence-electron chi connectivity index (χ0n) is 9.01. The fraction of sp³-hybridized carbons (Fsp3) is 0.333. The monoisotopic (exact) mass is 205 g/mol. The Bertz CT molecular complexity index is 372. The van der Waals surface area contributed by atoms with Crippen LogP contribution in [0.4, 0.5) is 0 Å². The summed E-state index contributed by atoms with van der Waals surface area (Å²) in [6.45, 7) is 3.81. The van der Waals surface area contributed by atoms with Gasteiger partial charge >= 0.3 is 0 Å². The molecule has 0 saturated carbocycles. The molecule has 1 aromatic rings. The summed E-state index contributed by atoms with van der Waals surface area (Å²) in [6, 6.07) is 7.78. The van der Waals surface area contributed by atoms with Gasteiger partial charge in [0.25, 0.3) is 0 Å². The van der Waals surface area contributed by atoms with E-state index < -0.39 is 0 Å². The molecule has 0 amide bonds. The maximum Gasteiger partial charge on any atom is 0.214 e. The van der Waals surface area contributed by atoms with Crippen LogP contribution in [0.15, 0.2) is 36.4 Å². The molecule has 0 unspecified atom stereocenters. The van der Waals surface area contributed by atoms with Gasteiger partial charge in [0, 0.05) is 4.92 Å². The van der Waals surface area contributed by atoms with Crippen molar-refractivity contribution in [3.63, 3.8) is 0 Å². The molecule has 0 N–H and O–H groups in total. The zero-order valence-corrected chi connectivity index (χ0v) is 9.01. The Morgan fingerprint density at radius 2 is 2.13 bits per heavy atom. The lowest BCUT2D eigenvalue weighted by Crippen LogP contribution is -2.11. The van der Waals surface area contributed by atoms with E-state index in [1.54, 1.807) is 0 Å². The molecule has 0 aromatic heterocycles. The number of hydrogen-bond donors (Lipinski definition) is 0. The molecule has 3 nitrogen and oxygen atoms in total. The number of nitrogens with zero attached hydrogens (tertiary/aromatic N) is 1. The first kappa shape index (κ1) is 11.4. The van der Waals surface area contributed by atoms with Gasteiger partial charge in [-0.05, 0) is 25.0 Å². The van der Waals surface area contributed by atoms with Crippen LogP contribution in [0.25, 0.3) is 0 Å². The fourth-order valence-electron chi connectivity index (χ4n) is 1.66. The lowest BCUT2D eigenvalue weighted by atomic mass is 9.94. The van der Waals surface area contributed by atoms with Gasteiger partial charge in [0.2, 0.25) is 6.54 Å². The lowest BCUT2D eigenvalue weighted by molar-refractivity contribution is -0.481. The molecular weight excluding hydrogens is 190 g/mol. The van der Waals surface area contributed by atoms with Crippen LogP contribution in [0.3, 0.4) is 0 Å². The molecule has 0 aliphatic rings. The average Bonchev–Trinajstić information content (AvgIpc) is 2.17. The molecule has 0 aliphatic carbocycles. The summed E-state index contributed by atoms with van der Waals surface area (Å²) < 4.78 is 0. The Morgan fingerprint density at radius 1 is 1.47 bits per heavy atom. The van der Waals surface area contributed by atoms with Crippen molar-refractivity contribution in [1.29, 1.82) is 0 Å². The highest BCUT2D eigenvalue weighted by molar-refractivity contribution is 5.31. The second-order valence-corrected chi connectivity index (χ2v) is 3.50. The van der Waals surface area contributed by atoms with Crippen molar-refractivity contribution in [1.82, 2.24) is 0 Å². The molecule has 0 heterocycles. The Labute approximate surface area is 89.6 Å². The van der Waals surface area contributed by atoms with E-state index in [0.29, 0.717) is 0 Å². The summed E-state index contributed by atoms with van der Waals surface area (Å²) in [6.07, 6.45) is 3.74. The highest BCUT2D eigenvalue weighted by Crippen LogP contribution is 2.21. The van der Waals surface area contributed by atoms with Crippen molar-refractivity contribution in [2.45, 2.75) is 19.8 Å². The van der Waals surface area contributed by atoms with E-state index in [4.69, 9.17) is 0 Å². The highest BCUT2D eigenvalue weighted by atomic mass is 16.6. The van der Waals surface area contributed by atoms with Crippen molar-refractivity contribution in [3.05, 3.63) is 57.7 Å². The molecule has 1 aromatic carbocycles. The van der Waals surface area contributed by atoms with Crippen LogP contribution in [0.2, 0.25) is 0 Å². The van der Waals surface area contributed by atoms with Gasteiger partial charge in [0.05, 0.1) is 5.92 Å². The molecule has 1 rings (SSSR count). The van der Waals surface area contributed by atoms with E-state index >= 15 is 0 Å². The minimum Gasteiger partial charge on any atom is -0.265 e. The predicted molar refractivity (Wildman–Crippen MR) is 60.6 cm³/mol. The first-order valence-corrected chi connectivity index (χ1v) is 4.95. The number of nitro groups is 1. The fourth-order valence-corrected chi connectivity index (χ4v) is 1.66. The van der Waals surface area contributed by atoms with Gasteiger partial charge in [-0.2, -0.15) is 0 Å². The van der Waals surface area contributed by atoms with Crippen LogP contribution in [-0.2, 0) is 0 Å². The van der Waals surface area contributed by atoms with E-state index in [1.807, 2.05) is 50.3 Å². The maximum atomic E-state index is 10.5. The van der Waals surface area contributed by atoms with Crippen LogP contribution in [0.1, 0.15) is 24.0 Å². The molecule has 80 valence electrons. The second kappa shape index (κ2) is 5.29. The molecule has 0 saturated heterocycles. The van der Waals surface area contributed by atoms with Crippen molar-refractivity contribution in [3.8, 4) is 0 Å².